The number of nitrogens with two attached hydrogens (primary N) is 1. The average Bonchev–Trinajstić information content (AvgIpc) is 2.35. The van der Waals surface area contributed by atoms with Crippen LogP contribution in [0.2, 0.25) is 0 Å². The molecule has 3 N–H and O–H groups in total. The number of aliphatic hydroxyl groups is 1. The van der Waals surface area contributed by atoms with Gasteiger partial charge in [-0.15, -0.1) is 0 Å². The minimum atomic E-state index is -0.565. The highest BCUT2D eigenvalue weighted by Crippen LogP contribution is 2.42. The van der Waals surface area contributed by atoms with Crippen LogP contribution in [0, 0.1) is 17.3 Å². The molecule has 0 spiro atoms. The molecule has 116 valence electrons. The zero-order valence-electron chi connectivity index (χ0n) is 12.9. The molecule has 0 aromatic carbocycles. The largest absolute Gasteiger partial charge is 0.459 e. The molecule has 0 aliphatic carbocycles. The summed E-state index contributed by atoms with van der Waals surface area (Å²) in [4.78, 5) is 11.4. The zero-order chi connectivity index (χ0) is 15.3. The van der Waals surface area contributed by atoms with Gasteiger partial charge < -0.3 is 20.3 Å². The maximum Gasteiger partial charge on any atom is 0.283 e. The van der Waals surface area contributed by atoms with Crippen LogP contribution in [0.3, 0.4) is 0 Å². The van der Waals surface area contributed by atoms with Crippen molar-refractivity contribution in [1.82, 2.24) is 0 Å². The Morgan fingerprint density at radius 2 is 2.15 bits per heavy atom. The van der Waals surface area contributed by atoms with Gasteiger partial charge in [-0.2, -0.15) is 0 Å². The van der Waals surface area contributed by atoms with Gasteiger partial charge in [0.05, 0.1) is 0 Å². The van der Waals surface area contributed by atoms with Crippen LogP contribution >= 0.6 is 0 Å². The minimum absolute atomic E-state index is 0.0417. The average molecular weight is 285 g/mol. The third-order valence-corrected chi connectivity index (χ3v) is 3.65. The topological polar surface area (TPSA) is 81.8 Å². The Morgan fingerprint density at radius 1 is 1.50 bits per heavy atom. The molecule has 5 nitrogen and oxygen atoms in total. The molecular weight excluding hydrogens is 258 g/mol. The lowest BCUT2D eigenvalue weighted by atomic mass is 9.70. The van der Waals surface area contributed by atoms with Gasteiger partial charge in [-0.05, 0) is 37.2 Å². The lowest BCUT2D eigenvalue weighted by Gasteiger charge is -2.42. The Labute approximate surface area is 121 Å². The van der Waals surface area contributed by atoms with E-state index >= 15 is 0 Å². The quantitative estimate of drug-likeness (QED) is 0.779. The molecule has 0 fully saturated rings. The molecule has 0 saturated carbocycles. The minimum Gasteiger partial charge on any atom is -0.459 e. The summed E-state index contributed by atoms with van der Waals surface area (Å²) in [5, 5.41) is 9.07. The number of carbonyl (C=O) groups is 1. The molecule has 1 amide bonds. The molecule has 0 unspecified atom stereocenters. The van der Waals surface area contributed by atoms with Crippen molar-refractivity contribution in [2.75, 3.05) is 13.2 Å². The first-order chi connectivity index (χ1) is 9.31. The van der Waals surface area contributed by atoms with Gasteiger partial charge in [-0.3, -0.25) is 4.79 Å². The molecule has 0 bridgehead atoms. The molecule has 1 rings (SSSR count). The molecule has 1 aliphatic rings. The van der Waals surface area contributed by atoms with Crippen molar-refractivity contribution in [3.05, 3.63) is 11.8 Å². The number of carbonyl (C=O) groups excluding carboxylic acids is 1. The number of ether oxygens (including phenoxy) is 2. The van der Waals surface area contributed by atoms with Gasteiger partial charge in [-0.1, -0.05) is 20.8 Å². The van der Waals surface area contributed by atoms with E-state index in [1.54, 1.807) is 0 Å². The maximum absolute atomic E-state index is 11.4. The van der Waals surface area contributed by atoms with Crippen LogP contribution in [-0.4, -0.2) is 30.5 Å². The second-order valence-corrected chi connectivity index (χ2v) is 6.26. The van der Waals surface area contributed by atoms with Crippen LogP contribution in [0.4, 0.5) is 0 Å². The highest BCUT2D eigenvalue weighted by molar-refractivity contribution is 5.90. The molecule has 20 heavy (non-hydrogen) atoms. The summed E-state index contributed by atoms with van der Waals surface area (Å²) in [7, 11) is 0. The Bertz CT molecular complexity index is 359. The third kappa shape index (κ3) is 4.21. The summed E-state index contributed by atoms with van der Waals surface area (Å²) in [6.07, 6.45) is 2.80. The summed E-state index contributed by atoms with van der Waals surface area (Å²) in [5.41, 5.74) is 5.31. The molecule has 0 saturated heterocycles. The van der Waals surface area contributed by atoms with Gasteiger partial charge >= 0.3 is 0 Å². The predicted molar refractivity (Wildman–Crippen MR) is 76.5 cm³/mol. The van der Waals surface area contributed by atoms with Crippen LogP contribution < -0.4 is 5.73 Å². The van der Waals surface area contributed by atoms with Crippen molar-refractivity contribution in [3.8, 4) is 0 Å². The first-order valence-corrected chi connectivity index (χ1v) is 7.22. The number of allylic oxidation sites excluding steroid dienone is 1. The number of hydrogen-bond donors (Lipinski definition) is 2. The summed E-state index contributed by atoms with van der Waals surface area (Å²) in [5.74, 6) is -0.166. The number of amides is 1. The number of primary amides is 1. The SMILES string of the molecule is CCO[C@@H]1OC(C(N)=O)=C[C@H](C(C)(C)C)[C@@H]1CCCO. The lowest BCUT2D eigenvalue weighted by molar-refractivity contribution is -0.178. The molecule has 0 aromatic rings. The summed E-state index contributed by atoms with van der Waals surface area (Å²) < 4.78 is 11.3. The molecule has 1 heterocycles. The van der Waals surface area contributed by atoms with E-state index in [2.05, 4.69) is 20.8 Å². The van der Waals surface area contributed by atoms with Gasteiger partial charge in [0.15, 0.2) is 5.76 Å². The second-order valence-electron chi connectivity index (χ2n) is 6.26. The van der Waals surface area contributed by atoms with Crippen molar-refractivity contribution in [2.24, 2.45) is 23.0 Å². The van der Waals surface area contributed by atoms with E-state index in [4.69, 9.17) is 20.3 Å². The van der Waals surface area contributed by atoms with Crippen molar-refractivity contribution in [3.63, 3.8) is 0 Å². The van der Waals surface area contributed by atoms with Gasteiger partial charge in [0.1, 0.15) is 0 Å². The van der Waals surface area contributed by atoms with Crippen molar-refractivity contribution >= 4 is 5.91 Å². The van der Waals surface area contributed by atoms with E-state index < -0.39 is 12.2 Å². The second kappa shape index (κ2) is 7.09. The van der Waals surface area contributed by atoms with Crippen LogP contribution in [0.15, 0.2) is 11.8 Å². The highest BCUT2D eigenvalue weighted by atomic mass is 16.7. The summed E-state index contributed by atoms with van der Waals surface area (Å²) in [6, 6.07) is 0. The van der Waals surface area contributed by atoms with Gasteiger partial charge in [-0.25, -0.2) is 0 Å². The molecule has 1 aliphatic heterocycles. The van der Waals surface area contributed by atoms with E-state index in [0.717, 1.165) is 6.42 Å². The fourth-order valence-corrected chi connectivity index (χ4v) is 2.70. The summed E-state index contributed by atoms with van der Waals surface area (Å²) in [6.45, 7) is 8.88. The Hall–Kier alpha value is -1.07. The van der Waals surface area contributed by atoms with Crippen LogP contribution in [0.25, 0.3) is 0 Å². The fraction of sp³-hybridized carbons (Fsp3) is 0.800. The molecular formula is C15H27NO4. The Morgan fingerprint density at radius 3 is 2.60 bits per heavy atom. The Kier molecular flexibility index (Phi) is 6.02. The molecule has 3 atom stereocenters. The lowest BCUT2D eigenvalue weighted by Crippen LogP contribution is -2.42. The smallest absolute Gasteiger partial charge is 0.283 e. The summed E-state index contributed by atoms with van der Waals surface area (Å²) >= 11 is 0. The van der Waals surface area contributed by atoms with Crippen molar-refractivity contribution in [2.45, 2.75) is 46.8 Å². The normalized spacial score (nSPS) is 26.9. The maximum atomic E-state index is 11.4. The van der Waals surface area contributed by atoms with E-state index in [1.807, 2.05) is 13.0 Å². The van der Waals surface area contributed by atoms with Gasteiger partial charge in [0, 0.05) is 19.1 Å². The third-order valence-electron chi connectivity index (χ3n) is 3.65. The first kappa shape index (κ1) is 17.0. The van der Waals surface area contributed by atoms with E-state index in [0.29, 0.717) is 13.0 Å². The van der Waals surface area contributed by atoms with Crippen LogP contribution in [0.5, 0.6) is 0 Å². The van der Waals surface area contributed by atoms with Crippen molar-refractivity contribution < 1.29 is 19.4 Å². The first-order valence-electron chi connectivity index (χ1n) is 7.22. The number of aliphatic hydroxyl groups excluding tert-OH is 1. The number of rotatable bonds is 6. The van der Waals surface area contributed by atoms with E-state index in [-0.39, 0.29) is 29.6 Å². The Balaban J connectivity index is 3.07. The highest BCUT2D eigenvalue weighted by Gasteiger charge is 2.41. The fourth-order valence-electron chi connectivity index (χ4n) is 2.70. The predicted octanol–water partition coefficient (Wildman–Crippen LogP) is 1.80. The van der Waals surface area contributed by atoms with Crippen molar-refractivity contribution in [1.29, 1.82) is 0 Å². The zero-order valence-corrected chi connectivity index (χ0v) is 12.9. The van der Waals surface area contributed by atoms with Crippen LogP contribution in [0.1, 0.15) is 40.5 Å². The standard InChI is InChI=1S/C15H27NO4/c1-5-19-14-10(7-6-8-17)11(15(2,3)4)9-12(20-14)13(16)18/h9-11,14,17H,5-8H2,1-4H3,(H2,16,18)/t10-,11-,14+/m0/s1. The molecule has 5 heteroatoms. The van der Waals surface area contributed by atoms with Gasteiger partial charge in [0.2, 0.25) is 6.29 Å². The number of hydrogen-bond acceptors (Lipinski definition) is 4. The van der Waals surface area contributed by atoms with Gasteiger partial charge in [0.25, 0.3) is 5.91 Å². The molecule has 0 radical (unpaired) electrons. The monoisotopic (exact) mass is 285 g/mol. The van der Waals surface area contributed by atoms with E-state index in [9.17, 15) is 4.79 Å². The molecule has 0 aromatic heterocycles. The van der Waals surface area contributed by atoms with Crippen LogP contribution in [-0.2, 0) is 14.3 Å². The van der Waals surface area contributed by atoms with E-state index in [1.165, 1.54) is 0 Å².